The van der Waals surface area contributed by atoms with Gasteiger partial charge in [0.15, 0.2) is 49.6 Å². The second-order valence-electron chi connectivity index (χ2n) is 39.8. The van der Waals surface area contributed by atoms with Gasteiger partial charge in [-0.3, -0.25) is 4.79 Å². The van der Waals surface area contributed by atoms with Gasteiger partial charge < -0.3 is 183 Å². The summed E-state index contributed by atoms with van der Waals surface area (Å²) in [6.45, 7) is 22.0. The molecule has 11 fully saturated rings. The van der Waals surface area contributed by atoms with E-state index in [1.807, 2.05) is 33.8 Å². The number of hydrogen-bond donors (Lipinski definition) is 22. The molecule has 4 saturated carbocycles. The van der Waals surface area contributed by atoms with E-state index in [2.05, 4.69) is 20.1 Å². The minimum Gasteiger partial charge on any atom is -0.458 e. The SMILES string of the molecule is C=CC(C)(O)CC/C=C(\C)C(=O)O[C@H]1CO[C@@H](OC(C)(C=C)CC/C=C(\C)C(=O)OC2CC3(C(=O)[C@@H]4O[C@H](CO)[C@@H](O)[C@H](O)[C@H]4O[C@@H]4O[C@H](CO[C@@H]5O[C@@H](C)[C@H](O)[C@@H](O)[C@H]5O)[C@@H](O)[C@H](O)[C@H]4O[C@@H]4OC[C@@H](O)[C@H](O[C@@H]5OC[C@@H](O)[C@H](O)[C@H]5O)[C@H]4O)C(O)C[C@]4(C)C(=CCC5[C@@]6(C)CC(O)C(O[C@@H]7OC[C@H](O)[C@@H](O)[C@H]7O)[C@@](C)(CO)C6CC[C@]54C)C3CC2(C)C)[C@H](O)[C@H]1O. The highest BCUT2D eigenvalue weighted by Crippen LogP contribution is 2.76. The molecule has 12 aliphatic rings. The molecule has 5 aliphatic carbocycles. The van der Waals surface area contributed by atoms with Crippen molar-refractivity contribution in [2.75, 3.05) is 46.2 Å². The van der Waals surface area contributed by atoms with Gasteiger partial charge in [-0.15, -0.1) is 13.2 Å². The zero-order valence-corrected chi connectivity index (χ0v) is 74.2. The number of Topliss-reactive ketones (excluding diaryl/α,β-unsaturated/α-hetero) is 1. The summed E-state index contributed by atoms with van der Waals surface area (Å²) in [7, 11) is 0. The molecule has 730 valence electrons. The molecule has 7 saturated heterocycles. The molecule has 7 aliphatic heterocycles. The molecule has 0 aromatic carbocycles. The minimum absolute atomic E-state index is 0.0409. The molecule has 0 aromatic rings. The van der Waals surface area contributed by atoms with Gasteiger partial charge in [-0.25, -0.2) is 9.59 Å². The van der Waals surface area contributed by atoms with Crippen molar-refractivity contribution < 1.29 is 198 Å². The van der Waals surface area contributed by atoms with Gasteiger partial charge in [0.2, 0.25) is 0 Å². The van der Waals surface area contributed by atoms with Crippen molar-refractivity contribution in [2.45, 2.75) is 373 Å². The van der Waals surface area contributed by atoms with Crippen LogP contribution in [0.5, 0.6) is 0 Å². The van der Waals surface area contributed by atoms with E-state index < -0.39 is 341 Å². The summed E-state index contributed by atoms with van der Waals surface area (Å²) >= 11 is 0. The van der Waals surface area contributed by atoms with Gasteiger partial charge in [-0.2, -0.15) is 0 Å². The number of ketones is 1. The molecular weight excluding hydrogens is 1700 g/mol. The molecule has 12 rings (SSSR count). The third-order valence-electron chi connectivity index (χ3n) is 30.9. The van der Waals surface area contributed by atoms with Crippen LogP contribution >= 0.6 is 0 Å². The number of aliphatic hydroxyl groups is 22. The highest BCUT2D eigenvalue weighted by Gasteiger charge is 2.75. The largest absolute Gasteiger partial charge is 0.458 e. The fourth-order valence-corrected chi connectivity index (χ4v) is 22.5. The van der Waals surface area contributed by atoms with Crippen LogP contribution in [0.3, 0.4) is 0 Å². The third-order valence-corrected chi connectivity index (χ3v) is 30.9. The van der Waals surface area contributed by atoms with Crippen LogP contribution in [0.2, 0.25) is 0 Å². The Morgan fingerprint density at radius 1 is 0.531 bits per heavy atom. The van der Waals surface area contributed by atoms with Crippen LogP contribution in [-0.4, -0.2) is 402 Å². The highest BCUT2D eigenvalue weighted by atomic mass is 16.8. The number of rotatable bonds is 29. The number of carbonyl (C=O) groups is 3. The van der Waals surface area contributed by atoms with Crippen molar-refractivity contribution in [1.82, 2.24) is 0 Å². The summed E-state index contributed by atoms with van der Waals surface area (Å²) in [5, 5.41) is 251. The van der Waals surface area contributed by atoms with Gasteiger partial charge >= 0.3 is 11.9 Å². The molecule has 45 atom stereocenters. The summed E-state index contributed by atoms with van der Waals surface area (Å²) in [6, 6.07) is 0. The first-order valence-corrected chi connectivity index (χ1v) is 44.4. The van der Waals surface area contributed by atoms with Crippen LogP contribution in [0.15, 0.2) is 60.3 Å². The Bertz CT molecular complexity index is 3920. The lowest BCUT2D eigenvalue weighted by molar-refractivity contribution is -0.385. The maximum Gasteiger partial charge on any atom is 0.333 e. The first kappa shape index (κ1) is 103. The molecule has 0 radical (unpaired) electrons. The molecule has 7 heterocycles. The Balaban J connectivity index is 0.875. The lowest BCUT2D eigenvalue weighted by Gasteiger charge is -2.72. The number of fused-ring (bicyclic) bond motifs is 7. The Labute approximate surface area is 742 Å². The van der Waals surface area contributed by atoms with Crippen molar-refractivity contribution in [3.8, 4) is 0 Å². The first-order valence-electron chi connectivity index (χ1n) is 44.4. The van der Waals surface area contributed by atoms with Gasteiger partial charge in [-0.05, 0) is 133 Å². The van der Waals surface area contributed by atoms with Crippen LogP contribution < -0.4 is 0 Å². The zero-order valence-electron chi connectivity index (χ0n) is 74.2. The molecule has 40 nitrogen and oxygen atoms in total. The molecule has 40 heteroatoms. The van der Waals surface area contributed by atoms with Gasteiger partial charge in [0.05, 0.1) is 87.3 Å². The summed E-state index contributed by atoms with van der Waals surface area (Å²) in [4.78, 5) is 45.6. The average molecular weight is 1840 g/mol. The van der Waals surface area contributed by atoms with E-state index in [1.54, 1.807) is 32.9 Å². The van der Waals surface area contributed by atoms with Crippen molar-refractivity contribution in [1.29, 1.82) is 0 Å². The Morgan fingerprint density at radius 2 is 1.08 bits per heavy atom. The molecule has 0 spiro atoms. The molecule has 0 bridgehead atoms. The van der Waals surface area contributed by atoms with Crippen LogP contribution in [0.4, 0.5) is 0 Å². The fourth-order valence-electron chi connectivity index (χ4n) is 22.5. The summed E-state index contributed by atoms with van der Waals surface area (Å²) in [5.74, 6) is -4.64. The van der Waals surface area contributed by atoms with Crippen LogP contribution in [0, 0.1) is 50.2 Å². The van der Waals surface area contributed by atoms with E-state index in [9.17, 15) is 117 Å². The van der Waals surface area contributed by atoms with Crippen molar-refractivity contribution in [3.63, 3.8) is 0 Å². The topological polar surface area (TPSA) is 635 Å². The van der Waals surface area contributed by atoms with Crippen molar-refractivity contribution in [2.24, 2.45) is 50.2 Å². The Morgan fingerprint density at radius 3 is 1.69 bits per heavy atom. The number of carbonyl (C=O) groups excluding carboxylic acids is 3. The number of esters is 2. The van der Waals surface area contributed by atoms with Gasteiger partial charge in [-0.1, -0.05) is 77.5 Å². The fraction of sp³-hybridized carbons (Fsp3) is 0.852. The van der Waals surface area contributed by atoms with E-state index >= 15 is 9.59 Å². The van der Waals surface area contributed by atoms with Crippen LogP contribution in [-0.2, 0) is 85.4 Å². The Kier molecular flexibility index (Phi) is 32.1. The maximum atomic E-state index is 17.5. The standard InChI is InChI=1S/C88H138O40/c1-14-82(8,113)23-16-18-37(3)73(111)121-47-34-118-79(64(107)58(47)101)128-83(9,15-2)24-17-19-38(4)74(112)123-52-29-88(41(26-81(52,6)7)40-20-21-50-84(10)27-42(91)72(127-77-63(106)55(98)44(93)32-115-77)85(11,36-90)49(84)22-25-86(50,12)87(40,13)28-51(88)95)71(110)70-68(60(103)56(99)46(30-89)120-70)125-80-69(61(104)57(100)48(122-80)35-117-75-65(108)59(102)53(96)39(5)119-75)126-78-66(109)67(45(94)33-116-78)124-76-62(105)54(97)43(92)31-114-76/h14-15,18-20,39,41-70,72,75-80,89-109,113H,1-2,16-17,21-36H2,3-13H3/b37-18+,38-19+/t39-,41?,42?,43+,44-,45+,46+,47-,48+,49?,50?,51?,52?,53-,54-,55+,56+,57+,58-,59+,60-,61-,62+,63+,64+,65+,66+,67-,68+,69+,70+,72?,75+,76-,77-,78-,79-,80-,82?,83?,84-,85-,86+,87+,88?/m0/s1. The lowest BCUT2D eigenvalue weighted by Crippen LogP contribution is -2.72. The predicted octanol–water partition coefficient (Wildman–Crippen LogP) is -4.60. The number of hydrogen-bond acceptors (Lipinski definition) is 40. The first-order chi connectivity index (χ1) is 59.9. The molecule has 128 heavy (non-hydrogen) atoms. The predicted molar refractivity (Wildman–Crippen MR) is 435 cm³/mol. The smallest absolute Gasteiger partial charge is 0.333 e. The van der Waals surface area contributed by atoms with Crippen molar-refractivity contribution in [3.05, 3.63) is 60.3 Å². The highest BCUT2D eigenvalue weighted by molar-refractivity contribution is 5.92. The zero-order chi connectivity index (χ0) is 94.3. The molecule has 10 unspecified atom stereocenters. The normalized spacial score (nSPS) is 49.1. The quantitative estimate of drug-likeness (QED) is 0.0145. The van der Waals surface area contributed by atoms with Gasteiger partial charge in [0.25, 0.3) is 0 Å². The third kappa shape index (κ3) is 19.4. The van der Waals surface area contributed by atoms with Crippen LogP contribution in [0.25, 0.3) is 0 Å². The minimum atomic E-state index is -2.36. The van der Waals surface area contributed by atoms with E-state index in [0.717, 1.165) is 0 Å². The van der Waals surface area contributed by atoms with E-state index in [1.165, 1.54) is 32.9 Å². The summed E-state index contributed by atoms with van der Waals surface area (Å²) in [5.41, 5.74) is -9.09. The second-order valence-corrected chi connectivity index (χ2v) is 39.8. The molecule has 22 N–H and O–H groups in total. The van der Waals surface area contributed by atoms with Crippen LogP contribution in [0.1, 0.15) is 147 Å². The molecular formula is C88H138O40. The van der Waals surface area contributed by atoms with Crippen molar-refractivity contribution >= 4 is 17.7 Å². The number of ether oxygens (including phenoxy) is 15. The maximum absolute atomic E-state index is 17.5. The van der Waals surface area contributed by atoms with E-state index in [4.69, 9.17) is 71.1 Å². The molecule has 0 aromatic heterocycles. The van der Waals surface area contributed by atoms with Gasteiger partial charge in [0.1, 0.15) is 146 Å². The van der Waals surface area contributed by atoms with Gasteiger partial charge in [0, 0.05) is 28.4 Å². The molecule has 0 amide bonds. The monoisotopic (exact) mass is 1830 g/mol. The van der Waals surface area contributed by atoms with E-state index in [0.29, 0.717) is 24.8 Å². The summed E-state index contributed by atoms with van der Waals surface area (Å²) < 4.78 is 90.6. The number of allylic oxidation sites excluding steroid dienone is 4. The van der Waals surface area contributed by atoms with E-state index in [-0.39, 0.29) is 62.0 Å². The summed E-state index contributed by atoms with van der Waals surface area (Å²) in [6.07, 6.45) is -54.4. The second kappa shape index (κ2) is 39.9. The number of aliphatic hydroxyl groups excluding tert-OH is 21. The Hall–Kier alpha value is -4.09. The lowest BCUT2D eigenvalue weighted by atomic mass is 9.32. The average Bonchev–Trinajstić information content (AvgIpc) is 0.664.